The highest BCUT2D eigenvalue weighted by Gasteiger charge is 2.39. The molecule has 1 aliphatic heterocycles. The van der Waals surface area contributed by atoms with Gasteiger partial charge in [0.2, 0.25) is 5.91 Å². The number of aliphatic hydroxyl groups excluding tert-OH is 1. The molecule has 0 aliphatic carbocycles. The van der Waals surface area contributed by atoms with Gasteiger partial charge in [-0.15, -0.1) is 0 Å². The molecule has 27 heavy (non-hydrogen) atoms. The van der Waals surface area contributed by atoms with Crippen molar-refractivity contribution in [1.29, 1.82) is 0 Å². The minimum absolute atomic E-state index is 0.0339. The molecule has 4 rings (SSSR count). The quantitative estimate of drug-likeness (QED) is 0.563. The van der Waals surface area contributed by atoms with Crippen LogP contribution in [0.3, 0.4) is 0 Å². The van der Waals surface area contributed by atoms with Gasteiger partial charge in [0.05, 0.1) is 12.3 Å². The maximum atomic E-state index is 14.0. The molecule has 2 aromatic heterocycles. The molecule has 140 valence electrons. The Morgan fingerprint density at radius 3 is 3.00 bits per heavy atom. The second kappa shape index (κ2) is 7.18. The van der Waals surface area contributed by atoms with Crippen molar-refractivity contribution in [2.45, 2.75) is 13.0 Å². The number of halogens is 1. The number of fused-ring (bicyclic) bond motifs is 1. The van der Waals surface area contributed by atoms with Crippen LogP contribution >= 0.6 is 11.3 Å². The second-order valence-electron chi connectivity index (χ2n) is 6.37. The fourth-order valence-corrected chi connectivity index (χ4v) is 3.63. The van der Waals surface area contributed by atoms with Crippen LogP contribution in [-0.4, -0.2) is 51.6 Å². The van der Waals surface area contributed by atoms with Gasteiger partial charge in [-0.2, -0.15) is 0 Å². The second-order valence-corrected chi connectivity index (χ2v) is 7.35. The van der Waals surface area contributed by atoms with E-state index in [2.05, 4.69) is 20.6 Å². The lowest BCUT2D eigenvalue weighted by atomic mass is 10.2. The lowest BCUT2D eigenvalue weighted by Gasteiger charge is -2.07. The number of hydrogen-bond acceptors (Lipinski definition) is 7. The van der Waals surface area contributed by atoms with Crippen LogP contribution in [-0.2, 0) is 4.79 Å². The van der Waals surface area contributed by atoms with Crippen molar-refractivity contribution in [3.8, 4) is 0 Å². The molecule has 9 heteroatoms. The number of anilines is 3. The van der Waals surface area contributed by atoms with Crippen LogP contribution in [0.5, 0.6) is 0 Å². The molecule has 2 unspecified atom stereocenters. The summed E-state index contributed by atoms with van der Waals surface area (Å²) in [5.41, 5.74) is 1.86. The number of β-amino-alcohol motifs (C(OH)–C–C–N with tert-alkyl or cyclic N) is 1. The van der Waals surface area contributed by atoms with E-state index in [9.17, 15) is 9.18 Å². The average Bonchev–Trinajstić information content (AvgIpc) is 3.28. The number of benzene rings is 1. The molecule has 1 aliphatic rings. The molecule has 0 bridgehead atoms. The summed E-state index contributed by atoms with van der Waals surface area (Å²) in [6, 6.07) is 8.23. The Morgan fingerprint density at radius 1 is 1.37 bits per heavy atom. The van der Waals surface area contributed by atoms with Crippen LogP contribution in [0, 0.1) is 12.7 Å². The summed E-state index contributed by atoms with van der Waals surface area (Å²) in [7, 11) is 0. The molecule has 3 aromatic rings. The van der Waals surface area contributed by atoms with Gasteiger partial charge in [0.25, 0.3) is 0 Å². The van der Waals surface area contributed by atoms with Crippen molar-refractivity contribution in [3.63, 3.8) is 0 Å². The van der Waals surface area contributed by atoms with E-state index in [1.165, 1.54) is 17.4 Å². The van der Waals surface area contributed by atoms with E-state index in [1.54, 1.807) is 18.2 Å². The summed E-state index contributed by atoms with van der Waals surface area (Å²) in [4.78, 5) is 23.5. The first-order valence-electron chi connectivity index (χ1n) is 8.50. The van der Waals surface area contributed by atoms with Gasteiger partial charge in [0.1, 0.15) is 28.0 Å². The van der Waals surface area contributed by atoms with Gasteiger partial charge in [-0.3, -0.25) is 9.69 Å². The Kier molecular flexibility index (Phi) is 4.73. The minimum atomic E-state index is -0.342. The van der Waals surface area contributed by atoms with E-state index >= 15 is 0 Å². The monoisotopic (exact) mass is 387 g/mol. The highest BCUT2D eigenvalue weighted by atomic mass is 32.1. The molecule has 3 N–H and O–H groups in total. The number of carbonyl (C=O) groups excluding carboxylic acids is 1. The zero-order valence-electron chi connectivity index (χ0n) is 14.6. The van der Waals surface area contributed by atoms with Gasteiger partial charge in [0.15, 0.2) is 5.13 Å². The average molecular weight is 387 g/mol. The number of nitrogens with zero attached hydrogens (tertiary/aromatic N) is 3. The number of rotatable bonds is 6. The van der Waals surface area contributed by atoms with Crippen molar-refractivity contribution in [3.05, 3.63) is 41.7 Å². The molecule has 1 fully saturated rings. The van der Waals surface area contributed by atoms with Crippen LogP contribution < -0.4 is 10.6 Å². The molecule has 1 amide bonds. The van der Waals surface area contributed by atoms with E-state index in [0.29, 0.717) is 40.1 Å². The van der Waals surface area contributed by atoms with Crippen LogP contribution in [0.15, 0.2) is 30.3 Å². The van der Waals surface area contributed by atoms with E-state index in [1.807, 2.05) is 17.9 Å². The van der Waals surface area contributed by atoms with Crippen molar-refractivity contribution in [1.82, 2.24) is 14.9 Å². The molecule has 2 atom stereocenters. The summed E-state index contributed by atoms with van der Waals surface area (Å²) in [6.45, 7) is 3.00. The van der Waals surface area contributed by atoms with Gasteiger partial charge in [-0.25, -0.2) is 14.4 Å². The molecule has 0 radical (unpaired) electrons. The predicted molar refractivity (Wildman–Crippen MR) is 103 cm³/mol. The van der Waals surface area contributed by atoms with Crippen LogP contribution in [0.1, 0.15) is 5.56 Å². The van der Waals surface area contributed by atoms with Gasteiger partial charge < -0.3 is 15.7 Å². The lowest BCUT2D eigenvalue weighted by molar-refractivity contribution is -0.116. The summed E-state index contributed by atoms with van der Waals surface area (Å²) in [6.07, 6.45) is 0. The maximum absolute atomic E-state index is 14.0. The molecule has 1 saturated heterocycles. The Bertz CT molecular complexity index is 1010. The summed E-state index contributed by atoms with van der Waals surface area (Å²) in [5.74, 6) is 0.0247. The third kappa shape index (κ3) is 3.90. The number of pyridine rings is 1. The molecule has 7 nitrogen and oxygen atoms in total. The highest BCUT2D eigenvalue weighted by molar-refractivity contribution is 7.22. The van der Waals surface area contributed by atoms with E-state index in [0.717, 1.165) is 5.56 Å². The zero-order chi connectivity index (χ0) is 19.0. The fraction of sp³-hybridized carbons (Fsp3) is 0.278. The molecule has 1 aromatic carbocycles. The number of aryl methyl sites for hydroxylation is 1. The number of carbonyl (C=O) groups is 1. The number of hydrogen-bond donors (Lipinski definition) is 3. The first-order valence-corrected chi connectivity index (χ1v) is 9.31. The Hall–Kier alpha value is -2.62. The third-order valence-corrected chi connectivity index (χ3v) is 5.16. The fourth-order valence-electron chi connectivity index (χ4n) is 2.79. The molecular formula is C18H18FN5O2S. The summed E-state index contributed by atoms with van der Waals surface area (Å²) >= 11 is 1.26. The van der Waals surface area contributed by atoms with Crippen molar-refractivity contribution < 1.29 is 14.3 Å². The normalized spacial score (nSPS) is 18.5. The van der Waals surface area contributed by atoms with E-state index in [-0.39, 0.29) is 24.4 Å². The SMILES string of the molecule is Cc1ccc(Nc2ccc3nc(NC(=O)C4CN4CCO)sc3n2)c(F)c1. The topological polar surface area (TPSA) is 90.2 Å². The molecule has 0 spiro atoms. The number of nitrogens with one attached hydrogen (secondary N) is 2. The lowest BCUT2D eigenvalue weighted by Crippen LogP contribution is -2.22. The number of thiazole rings is 1. The smallest absolute Gasteiger partial charge is 0.244 e. The molecule has 3 heterocycles. The molecule has 0 saturated carbocycles. The van der Waals surface area contributed by atoms with Gasteiger partial charge >= 0.3 is 0 Å². The maximum Gasteiger partial charge on any atom is 0.244 e. The third-order valence-electron chi connectivity index (χ3n) is 4.28. The van der Waals surface area contributed by atoms with Crippen LogP contribution in [0.4, 0.5) is 21.0 Å². The summed E-state index contributed by atoms with van der Waals surface area (Å²) in [5, 5.41) is 15.1. The Labute approximate surface area is 158 Å². The number of aromatic nitrogens is 2. The minimum Gasteiger partial charge on any atom is -0.395 e. The predicted octanol–water partition coefficient (Wildman–Crippen LogP) is 2.50. The number of aliphatic hydroxyl groups is 1. The standard InChI is InChI=1S/C18H18FN5O2S/c1-10-2-3-12(11(19)8-10)20-15-5-4-13-17(22-15)27-18(21-13)23-16(26)14-9-24(14)6-7-25/h2-5,8,14,25H,6-7,9H2,1H3,(H,20,22)(H,21,23,26). The Balaban J connectivity index is 1.48. The first kappa shape index (κ1) is 17.8. The first-order chi connectivity index (χ1) is 13.0. The zero-order valence-corrected chi connectivity index (χ0v) is 15.4. The van der Waals surface area contributed by atoms with Crippen molar-refractivity contribution in [2.24, 2.45) is 0 Å². The van der Waals surface area contributed by atoms with Crippen molar-refractivity contribution >= 4 is 44.2 Å². The van der Waals surface area contributed by atoms with E-state index in [4.69, 9.17) is 5.11 Å². The van der Waals surface area contributed by atoms with E-state index < -0.39 is 0 Å². The van der Waals surface area contributed by atoms with Crippen molar-refractivity contribution in [2.75, 3.05) is 30.3 Å². The Morgan fingerprint density at radius 2 is 2.22 bits per heavy atom. The van der Waals surface area contributed by atoms with Gasteiger partial charge in [-0.1, -0.05) is 17.4 Å². The van der Waals surface area contributed by atoms with Crippen LogP contribution in [0.25, 0.3) is 10.3 Å². The van der Waals surface area contributed by atoms with Gasteiger partial charge in [0, 0.05) is 13.1 Å². The summed E-state index contributed by atoms with van der Waals surface area (Å²) < 4.78 is 14.0. The number of amides is 1. The van der Waals surface area contributed by atoms with Gasteiger partial charge in [-0.05, 0) is 36.8 Å². The van der Waals surface area contributed by atoms with Crippen LogP contribution in [0.2, 0.25) is 0 Å². The highest BCUT2D eigenvalue weighted by Crippen LogP contribution is 2.28. The molecular weight excluding hydrogens is 369 g/mol. The largest absolute Gasteiger partial charge is 0.395 e.